The van der Waals surface area contributed by atoms with Crippen molar-refractivity contribution in [3.8, 4) is 6.07 Å². The lowest BCUT2D eigenvalue weighted by molar-refractivity contribution is 0.147. The molecule has 0 spiro atoms. The number of hydrogen-bond donors (Lipinski definition) is 0. The smallest absolute Gasteiger partial charge is 0.101 e. The van der Waals surface area contributed by atoms with Gasteiger partial charge in [0.25, 0.3) is 0 Å². The van der Waals surface area contributed by atoms with Crippen molar-refractivity contribution in [1.29, 1.82) is 5.26 Å². The molecule has 98 valence electrons. The van der Waals surface area contributed by atoms with Crippen molar-refractivity contribution in [2.45, 2.75) is 13.1 Å². The molecule has 2 heterocycles. The fourth-order valence-corrected chi connectivity index (χ4v) is 2.82. The second-order valence-corrected chi connectivity index (χ2v) is 5.11. The van der Waals surface area contributed by atoms with Gasteiger partial charge in [0.15, 0.2) is 0 Å². The van der Waals surface area contributed by atoms with E-state index in [1.807, 2.05) is 17.8 Å². The van der Waals surface area contributed by atoms with Crippen molar-refractivity contribution in [1.82, 2.24) is 9.47 Å². The Kier molecular flexibility index (Phi) is 3.02. The summed E-state index contributed by atoms with van der Waals surface area (Å²) >= 11 is 0. The number of aryl methyl sites for hydroxylation is 1. The van der Waals surface area contributed by atoms with E-state index in [9.17, 15) is 5.26 Å². The summed E-state index contributed by atoms with van der Waals surface area (Å²) in [4.78, 5) is 2.37. The zero-order valence-electron chi connectivity index (χ0n) is 11.3. The van der Waals surface area contributed by atoms with E-state index < -0.39 is 0 Å². The number of nitrogens with zero attached hydrogens (tertiary/aromatic N) is 3. The third kappa shape index (κ3) is 2.01. The third-order valence-corrected chi connectivity index (χ3v) is 3.83. The summed E-state index contributed by atoms with van der Waals surface area (Å²) in [5.74, 6) is 0. The maximum atomic E-state index is 9.18. The van der Waals surface area contributed by atoms with E-state index in [1.165, 1.54) is 11.1 Å². The molecule has 0 radical (unpaired) electrons. The Morgan fingerprint density at radius 1 is 1.32 bits per heavy atom. The first-order valence-corrected chi connectivity index (χ1v) is 6.45. The van der Waals surface area contributed by atoms with Crippen molar-refractivity contribution >= 4 is 10.9 Å². The summed E-state index contributed by atoms with van der Waals surface area (Å²) in [6, 6.07) is 6.67. The molecule has 4 heteroatoms. The van der Waals surface area contributed by atoms with Gasteiger partial charge in [-0.2, -0.15) is 5.26 Å². The van der Waals surface area contributed by atoms with Crippen LogP contribution in [0.3, 0.4) is 0 Å². The number of fused-ring (bicyclic) bond motifs is 2. The zero-order chi connectivity index (χ0) is 13.4. The molecule has 0 saturated carbocycles. The molecule has 0 amide bonds. The predicted octanol–water partition coefficient (Wildman–Crippen LogP) is 2.01. The maximum absolute atomic E-state index is 9.18. The van der Waals surface area contributed by atoms with Gasteiger partial charge in [0.2, 0.25) is 0 Å². The van der Waals surface area contributed by atoms with Crippen LogP contribution >= 0.6 is 0 Å². The highest BCUT2D eigenvalue weighted by Gasteiger charge is 2.20. The molecule has 1 aromatic heterocycles. The Morgan fingerprint density at radius 2 is 2.05 bits per heavy atom. The van der Waals surface area contributed by atoms with E-state index in [0.29, 0.717) is 0 Å². The third-order valence-electron chi connectivity index (χ3n) is 3.83. The summed E-state index contributed by atoms with van der Waals surface area (Å²) in [7, 11) is 3.73. The molecular weight excluding hydrogens is 238 g/mol. The summed E-state index contributed by atoms with van der Waals surface area (Å²) in [5, 5.41) is 10.2. The predicted molar refractivity (Wildman–Crippen MR) is 73.6 cm³/mol. The van der Waals surface area contributed by atoms with Gasteiger partial charge in [0, 0.05) is 50.9 Å². The molecule has 0 fully saturated rings. The Balaban J connectivity index is 1.98. The van der Waals surface area contributed by atoms with Crippen LogP contribution in [0.1, 0.15) is 16.7 Å². The molecule has 4 nitrogen and oxygen atoms in total. The lowest BCUT2D eigenvalue weighted by atomic mass is 10.1. The molecule has 1 aromatic carbocycles. The Bertz CT molecular complexity index is 666. The van der Waals surface area contributed by atoms with Gasteiger partial charge in [-0.05, 0) is 23.3 Å². The van der Waals surface area contributed by atoms with Crippen LogP contribution in [-0.4, -0.2) is 29.7 Å². The summed E-state index contributed by atoms with van der Waals surface area (Å²) in [5.41, 5.74) is 4.61. The van der Waals surface area contributed by atoms with Gasteiger partial charge < -0.3 is 9.30 Å². The normalized spacial score (nSPS) is 14.8. The van der Waals surface area contributed by atoms with Crippen LogP contribution in [0.15, 0.2) is 18.3 Å². The topological polar surface area (TPSA) is 41.2 Å². The van der Waals surface area contributed by atoms with Gasteiger partial charge in [0.1, 0.15) is 6.07 Å². The number of aromatic nitrogens is 1. The second kappa shape index (κ2) is 4.69. The van der Waals surface area contributed by atoms with Gasteiger partial charge in [-0.25, -0.2) is 0 Å². The highest BCUT2D eigenvalue weighted by atomic mass is 16.5. The lowest BCUT2D eigenvalue weighted by Crippen LogP contribution is -2.21. The number of nitriles is 1. The van der Waals surface area contributed by atoms with Gasteiger partial charge in [-0.15, -0.1) is 0 Å². The van der Waals surface area contributed by atoms with E-state index in [1.54, 1.807) is 7.11 Å². The Hall–Kier alpha value is -1.83. The van der Waals surface area contributed by atoms with Crippen LogP contribution in [-0.2, 0) is 24.9 Å². The minimum Gasteiger partial charge on any atom is -0.383 e. The summed E-state index contributed by atoms with van der Waals surface area (Å²) < 4.78 is 7.17. The molecule has 0 aliphatic carbocycles. The molecule has 1 aliphatic rings. The van der Waals surface area contributed by atoms with Crippen LogP contribution in [0, 0.1) is 11.3 Å². The first kappa shape index (κ1) is 12.2. The highest BCUT2D eigenvalue weighted by molar-refractivity contribution is 5.88. The second-order valence-electron chi connectivity index (χ2n) is 5.11. The highest BCUT2D eigenvalue weighted by Crippen LogP contribution is 2.29. The van der Waals surface area contributed by atoms with Crippen molar-refractivity contribution in [2.24, 2.45) is 7.05 Å². The molecule has 0 saturated heterocycles. The van der Waals surface area contributed by atoms with Crippen molar-refractivity contribution in [3.63, 3.8) is 0 Å². The van der Waals surface area contributed by atoms with Crippen molar-refractivity contribution in [3.05, 3.63) is 35.0 Å². The van der Waals surface area contributed by atoms with E-state index >= 15 is 0 Å². The fourth-order valence-electron chi connectivity index (χ4n) is 2.82. The molecule has 0 bridgehead atoms. The Morgan fingerprint density at radius 3 is 2.74 bits per heavy atom. The summed E-state index contributed by atoms with van der Waals surface area (Å²) in [6.45, 7) is 3.64. The minimum absolute atomic E-state index is 0.760. The first-order chi connectivity index (χ1) is 9.22. The van der Waals surface area contributed by atoms with Crippen LogP contribution in [0.25, 0.3) is 10.9 Å². The molecular formula is C15H17N3O. The maximum Gasteiger partial charge on any atom is 0.101 e. The number of benzene rings is 1. The van der Waals surface area contributed by atoms with Crippen molar-refractivity contribution in [2.75, 3.05) is 20.3 Å². The molecule has 1 aliphatic heterocycles. The van der Waals surface area contributed by atoms with E-state index in [-0.39, 0.29) is 0 Å². The van der Waals surface area contributed by atoms with Crippen molar-refractivity contribution < 1.29 is 4.74 Å². The first-order valence-electron chi connectivity index (χ1n) is 6.45. The van der Waals surface area contributed by atoms with E-state index in [0.717, 1.165) is 42.7 Å². The molecule has 2 aromatic rings. The molecule has 3 rings (SSSR count). The van der Waals surface area contributed by atoms with E-state index in [2.05, 4.69) is 23.1 Å². The standard InChI is InChI=1S/C15H17N3O/c1-17-8-13(7-16)14-5-11-9-18(3-4-19-2)10-12(11)6-15(14)17/h5-6,8H,3-4,9-10H2,1-2H3. The largest absolute Gasteiger partial charge is 0.383 e. The minimum atomic E-state index is 0.760. The van der Waals surface area contributed by atoms with Gasteiger partial charge in [-0.1, -0.05) is 0 Å². The Labute approximate surface area is 112 Å². The average Bonchev–Trinajstić information content (AvgIpc) is 2.95. The van der Waals surface area contributed by atoms with E-state index in [4.69, 9.17) is 4.74 Å². The van der Waals surface area contributed by atoms with Gasteiger partial charge in [0.05, 0.1) is 12.2 Å². The molecule has 19 heavy (non-hydrogen) atoms. The zero-order valence-corrected chi connectivity index (χ0v) is 11.3. The average molecular weight is 255 g/mol. The van der Waals surface area contributed by atoms with Crippen LogP contribution < -0.4 is 0 Å². The lowest BCUT2D eigenvalue weighted by Gasteiger charge is -2.13. The number of methoxy groups -OCH3 is 1. The summed E-state index contributed by atoms with van der Waals surface area (Å²) in [6.07, 6.45) is 1.91. The molecule has 0 atom stereocenters. The van der Waals surface area contributed by atoms with Crippen LogP contribution in [0.5, 0.6) is 0 Å². The van der Waals surface area contributed by atoms with Gasteiger partial charge >= 0.3 is 0 Å². The molecule has 0 N–H and O–H groups in total. The van der Waals surface area contributed by atoms with Crippen LogP contribution in [0.2, 0.25) is 0 Å². The quantitative estimate of drug-likeness (QED) is 0.842. The fraction of sp³-hybridized carbons (Fsp3) is 0.400. The van der Waals surface area contributed by atoms with Crippen LogP contribution in [0.4, 0.5) is 0 Å². The number of ether oxygens (including phenoxy) is 1. The monoisotopic (exact) mass is 255 g/mol. The van der Waals surface area contributed by atoms with Gasteiger partial charge in [-0.3, -0.25) is 4.90 Å². The molecule has 0 unspecified atom stereocenters. The SMILES string of the molecule is COCCN1Cc2cc3c(C#N)cn(C)c3cc2C1. The number of rotatable bonds is 3. The number of hydrogen-bond acceptors (Lipinski definition) is 3.